The van der Waals surface area contributed by atoms with Crippen LogP contribution in [-0.2, 0) is 6.42 Å². The van der Waals surface area contributed by atoms with Crippen LogP contribution < -0.4 is 15.0 Å². The number of fused-ring (bicyclic) bond motifs is 1. The van der Waals surface area contributed by atoms with Crippen LogP contribution in [0, 0.1) is 0 Å². The zero-order valence-corrected chi connectivity index (χ0v) is 19.6. The number of anilines is 2. The molecule has 2 aromatic carbocycles. The van der Waals surface area contributed by atoms with Crippen LogP contribution in [0.4, 0.5) is 11.6 Å². The van der Waals surface area contributed by atoms with Crippen molar-refractivity contribution in [3.05, 3.63) is 83.6 Å². The first-order valence-electron chi connectivity index (χ1n) is 11.8. The van der Waals surface area contributed by atoms with E-state index >= 15 is 0 Å². The Kier molecular flexibility index (Phi) is 6.16. The van der Waals surface area contributed by atoms with Gasteiger partial charge in [-0.25, -0.2) is 9.50 Å². The van der Waals surface area contributed by atoms with Crippen LogP contribution in [0.15, 0.2) is 66.9 Å². The molecule has 0 aliphatic carbocycles. The van der Waals surface area contributed by atoms with Gasteiger partial charge in [0, 0.05) is 12.1 Å². The quantitative estimate of drug-likeness (QED) is 0.410. The molecule has 1 amide bonds. The first-order chi connectivity index (χ1) is 16.6. The molecular formula is C27H29N5O2. The highest BCUT2D eigenvalue weighted by molar-refractivity contribution is 6.03. The number of aryl methyl sites for hydroxylation is 1. The fourth-order valence-electron chi connectivity index (χ4n) is 4.60. The Hall–Kier alpha value is -3.87. The van der Waals surface area contributed by atoms with Crippen LogP contribution >= 0.6 is 0 Å². The first-order valence-corrected chi connectivity index (χ1v) is 11.8. The fraction of sp³-hybridized carbons (Fsp3) is 0.296. The Bertz CT molecular complexity index is 1280. The minimum atomic E-state index is -0.175. The van der Waals surface area contributed by atoms with Gasteiger partial charge in [-0.05, 0) is 66.8 Å². The van der Waals surface area contributed by atoms with Gasteiger partial charge in [0.2, 0.25) is 0 Å². The van der Waals surface area contributed by atoms with Gasteiger partial charge in [0.25, 0.3) is 5.91 Å². The normalized spacial score (nSPS) is 15.6. The summed E-state index contributed by atoms with van der Waals surface area (Å²) in [5.41, 5.74) is 3.80. The summed E-state index contributed by atoms with van der Waals surface area (Å²) in [5, 5.41) is 7.70. The molecule has 0 spiro atoms. The second-order valence-electron chi connectivity index (χ2n) is 8.65. The highest BCUT2D eigenvalue weighted by Gasteiger charge is 2.27. The number of benzene rings is 2. The summed E-state index contributed by atoms with van der Waals surface area (Å²) in [6, 6.07) is 20.2. The Labute approximate surface area is 199 Å². The number of amides is 1. The van der Waals surface area contributed by atoms with Gasteiger partial charge in [-0.1, -0.05) is 37.6 Å². The second-order valence-corrected chi connectivity index (χ2v) is 8.65. The van der Waals surface area contributed by atoms with Crippen molar-refractivity contribution in [1.29, 1.82) is 0 Å². The molecule has 2 aromatic heterocycles. The molecule has 0 radical (unpaired) electrons. The topological polar surface area (TPSA) is 71.8 Å². The van der Waals surface area contributed by atoms with E-state index in [1.807, 2.05) is 48.5 Å². The van der Waals surface area contributed by atoms with Crippen LogP contribution in [0.5, 0.6) is 5.75 Å². The Balaban J connectivity index is 1.33. The molecule has 5 rings (SSSR count). The van der Waals surface area contributed by atoms with Crippen molar-refractivity contribution in [2.45, 2.75) is 38.6 Å². The molecule has 0 saturated carbocycles. The molecule has 1 aliphatic heterocycles. The van der Waals surface area contributed by atoms with Gasteiger partial charge in [-0.3, -0.25) is 4.79 Å². The van der Waals surface area contributed by atoms with Gasteiger partial charge in [-0.15, -0.1) is 5.10 Å². The van der Waals surface area contributed by atoms with Gasteiger partial charge in [0.05, 0.1) is 19.3 Å². The van der Waals surface area contributed by atoms with Crippen molar-refractivity contribution in [1.82, 2.24) is 14.6 Å². The average Bonchev–Trinajstić information content (AvgIpc) is 3.51. The van der Waals surface area contributed by atoms with E-state index in [-0.39, 0.29) is 11.9 Å². The zero-order chi connectivity index (χ0) is 23.5. The summed E-state index contributed by atoms with van der Waals surface area (Å²) in [6.07, 6.45) is 6.05. The molecule has 1 unspecified atom stereocenters. The second kappa shape index (κ2) is 9.55. The molecule has 1 aliphatic rings. The molecule has 7 heteroatoms. The van der Waals surface area contributed by atoms with Crippen molar-refractivity contribution >= 4 is 23.2 Å². The number of aromatic nitrogens is 3. The number of rotatable bonds is 7. The summed E-state index contributed by atoms with van der Waals surface area (Å²) >= 11 is 0. The molecule has 4 aromatic rings. The first kappa shape index (κ1) is 21.9. The summed E-state index contributed by atoms with van der Waals surface area (Å²) in [6.45, 7) is 3.09. The number of carbonyl (C=O) groups excluding carboxylic acids is 1. The molecule has 1 atom stereocenters. The highest BCUT2D eigenvalue weighted by Crippen LogP contribution is 2.35. The van der Waals surface area contributed by atoms with Crippen molar-refractivity contribution in [3.63, 3.8) is 0 Å². The number of nitrogens with zero attached hydrogens (tertiary/aromatic N) is 4. The van der Waals surface area contributed by atoms with E-state index in [0.717, 1.165) is 43.8 Å². The number of hydrogen-bond acceptors (Lipinski definition) is 5. The third-order valence-electron chi connectivity index (χ3n) is 6.35. The standard InChI is InChI=1S/C27H29N5O2/c1-3-5-19-7-9-21(10-8-19)27(33)29-24-18-32-25(28-24)15-16-26(30-32)31-17-4-6-23(31)20-11-13-22(34-2)14-12-20/h7-16,18,23H,3-6,17H2,1-2H3,(H,29,33). The maximum absolute atomic E-state index is 12.7. The minimum absolute atomic E-state index is 0.175. The Morgan fingerprint density at radius 2 is 1.88 bits per heavy atom. The molecule has 0 bridgehead atoms. The largest absolute Gasteiger partial charge is 0.497 e. The smallest absolute Gasteiger partial charge is 0.256 e. The summed E-state index contributed by atoms with van der Waals surface area (Å²) in [4.78, 5) is 19.5. The third-order valence-corrected chi connectivity index (χ3v) is 6.35. The maximum atomic E-state index is 12.7. The van der Waals surface area contributed by atoms with Crippen LogP contribution in [0.2, 0.25) is 0 Å². The number of imidazole rings is 1. The maximum Gasteiger partial charge on any atom is 0.256 e. The van der Waals surface area contributed by atoms with Gasteiger partial charge < -0.3 is 15.0 Å². The van der Waals surface area contributed by atoms with Gasteiger partial charge >= 0.3 is 0 Å². The van der Waals surface area contributed by atoms with Crippen LogP contribution in [0.1, 0.15) is 53.7 Å². The lowest BCUT2D eigenvalue weighted by molar-refractivity contribution is 0.102. The monoisotopic (exact) mass is 455 g/mol. The predicted molar refractivity (Wildman–Crippen MR) is 134 cm³/mol. The van der Waals surface area contributed by atoms with Crippen LogP contribution in [-0.4, -0.2) is 34.2 Å². The van der Waals surface area contributed by atoms with Crippen molar-refractivity contribution < 1.29 is 9.53 Å². The van der Waals surface area contributed by atoms with E-state index in [4.69, 9.17) is 9.84 Å². The lowest BCUT2D eigenvalue weighted by Gasteiger charge is -2.26. The van der Waals surface area contributed by atoms with Crippen LogP contribution in [0.25, 0.3) is 5.65 Å². The summed E-state index contributed by atoms with van der Waals surface area (Å²) in [7, 11) is 1.68. The van der Waals surface area contributed by atoms with Gasteiger partial charge in [0.1, 0.15) is 11.6 Å². The average molecular weight is 456 g/mol. The Morgan fingerprint density at radius 1 is 1.09 bits per heavy atom. The van der Waals surface area contributed by atoms with Crippen molar-refractivity contribution in [2.75, 3.05) is 23.9 Å². The zero-order valence-electron chi connectivity index (χ0n) is 19.6. The third kappa shape index (κ3) is 4.46. The number of carbonyl (C=O) groups is 1. The van der Waals surface area contributed by atoms with E-state index in [9.17, 15) is 4.79 Å². The lowest BCUT2D eigenvalue weighted by atomic mass is 10.0. The molecule has 1 N–H and O–H groups in total. The number of ether oxygens (including phenoxy) is 1. The molecule has 3 heterocycles. The molecule has 7 nitrogen and oxygen atoms in total. The Morgan fingerprint density at radius 3 is 2.62 bits per heavy atom. The van der Waals surface area contributed by atoms with Crippen LogP contribution in [0.3, 0.4) is 0 Å². The van der Waals surface area contributed by atoms with Gasteiger partial charge in [0.15, 0.2) is 11.5 Å². The summed E-state index contributed by atoms with van der Waals surface area (Å²) in [5.74, 6) is 2.07. The minimum Gasteiger partial charge on any atom is -0.497 e. The van der Waals surface area contributed by atoms with Gasteiger partial charge in [-0.2, -0.15) is 0 Å². The van der Waals surface area contributed by atoms with Crippen molar-refractivity contribution in [2.24, 2.45) is 0 Å². The molecule has 1 fully saturated rings. The van der Waals surface area contributed by atoms with Crippen molar-refractivity contribution in [3.8, 4) is 5.75 Å². The lowest BCUT2D eigenvalue weighted by Crippen LogP contribution is -2.24. The number of hydrogen-bond donors (Lipinski definition) is 1. The van der Waals surface area contributed by atoms with E-state index in [0.29, 0.717) is 17.0 Å². The number of methoxy groups -OCH3 is 1. The molecule has 174 valence electrons. The van der Waals surface area contributed by atoms with E-state index < -0.39 is 0 Å². The van der Waals surface area contributed by atoms with E-state index in [1.54, 1.807) is 17.8 Å². The van der Waals surface area contributed by atoms with E-state index in [1.165, 1.54) is 11.1 Å². The predicted octanol–water partition coefficient (Wildman–Crippen LogP) is 5.28. The fourth-order valence-corrected chi connectivity index (χ4v) is 4.60. The molecular weight excluding hydrogens is 426 g/mol. The molecule has 34 heavy (non-hydrogen) atoms. The summed E-state index contributed by atoms with van der Waals surface area (Å²) < 4.78 is 7.03. The number of nitrogens with one attached hydrogen (secondary N) is 1. The SMILES string of the molecule is CCCc1ccc(C(=O)Nc2cn3nc(N4CCCC4c4ccc(OC)cc4)ccc3n2)cc1. The molecule has 1 saturated heterocycles. The highest BCUT2D eigenvalue weighted by atomic mass is 16.5. The van der Waals surface area contributed by atoms with E-state index in [2.05, 4.69) is 34.3 Å².